The highest BCUT2D eigenvalue weighted by atomic mass is 16.2. The van der Waals surface area contributed by atoms with E-state index in [4.69, 9.17) is 0 Å². The highest BCUT2D eigenvalue weighted by Crippen LogP contribution is 2.33. The Labute approximate surface area is 189 Å². The lowest BCUT2D eigenvalue weighted by Crippen LogP contribution is -2.37. The van der Waals surface area contributed by atoms with Crippen LogP contribution in [0, 0.1) is 6.92 Å². The Morgan fingerprint density at radius 3 is 2.34 bits per heavy atom. The molecular weight excluding hydrogens is 398 g/mol. The molecule has 3 aromatic rings. The maximum atomic E-state index is 13.6. The maximum Gasteiger partial charge on any atom is 0.255 e. The Hall–Kier alpha value is -3.60. The molecule has 0 radical (unpaired) electrons. The number of carbonyl (C=O) groups is 2. The number of hydrogen-bond acceptors (Lipinski definition) is 3. The molecule has 1 atom stereocenters. The third-order valence-corrected chi connectivity index (χ3v) is 6.12. The summed E-state index contributed by atoms with van der Waals surface area (Å²) >= 11 is 0. The van der Waals surface area contributed by atoms with Crippen molar-refractivity contribution in [2.45, 2.75) is 33.4 Å². The predicted octanol–water partition coefficient (Wildman–Crippen LogP) is 5.18. The lowest BCUT2D eigenvalue weighted by Gasteiger charge is -2.28. The molecule has 0 saturated heterocycles. The molecule has 0 bridgehead atoms. The molecule has 1 aliphatic rings. The minimum Gasteiger partial charge on any atom is -0.372 e. The number of fused-ring (bicyclic) bond motifs is 1. The number of amides is 2. The van der Waals surface area contributed by atoms with E-state index in [-0.39, 0.29) is 11.8 Å². The molecule has 0 fully saturated rings. The Morgan fingerprint density at radius 2 is 1.69 bits per heavy atom. The molecule has 32 heavy (non-hydrogen) atoms. The zero-order chi connectivity index (χ0) is 22.7. The summed E-state index contributed by atoms with van der Waals surface area (Å²) in [6.07, 6.45) is 0. The highest BCUT2D eigenvalue weighted by molar-refractivity contribution is 6.04. The fourth-order valence-corrected chi connectivity index (χ4v) is 4.37. The fourth-order valence-electron chi connectivity index (χ4n) is 4.37. The summed E-state index contributed by atoms with van der Waals surface area (Å²) in [5, 5.41) is 3.08. The number of carbonyl (C=O) groups excluding carboxylic acids is 2. The van der Waals surface area contributed by atoms with Crippen molar-refractivity contribution in [2.24, 2.45) is 0 Å². The van der Waals surface area contributed by atoms with E-state index in [9.17, 15) is 9.59 Å². The average molecular weight is 428 g/mol. The van der Waals surface area contributed by atoms with Gasteiger partial charge >= 0.3 is 0 Å². The summed E-state index contributed by atoms with van der Waals surface area (Å²) in [6.45, 7) is 8.53. The van der Waals surface area contributed by atoms with Gasteiger partial charge < -0.3 is 15.1 Å². The van der Waals surface area contributed by atoms with Crippen LogP contribution in [0.25, 0.3) is 0 Å². The SMILES string of the molecule is CCN(CC)c1ccc(NC(=O)[C@@H](c2ccccc2)N2Cc3ccccc3C2=O)c(C)c1. The summed E-state index contributed by atoms with van der Waals surface area (Å²) in [4.78, 5) is 30.7. The second-order valence-corrected chi connectivity index (χ2v) is 8.06. The maximum absolute atomic E-state index is 13.6. The van der Waals surface area contributed by atoms with Crippen molar-refractivity contribution in [3.8, 4) is 0 Å². The minimum atomic E-state index is -0.710. The molecule has 4 rings (SSSR count). The average Bonchev–Trinajstić information content (AvgIpc) is 3.13. The van der Waals surface area contributed by atoms with E-state index < -0.39 is 6.04 Å². The van der Waals surface area contributed by atoms with Crippen LogP contribution in [-0.4, -0.2) is 29.8 Å². The zero-order valence-corrected chi connectivity index (χ0v) is 18.8. The first-order valence-electron chi connectivity index (χ1n) is 11.1. The van der Waals surface area contributed by atoms with Gasteiger partial charge in [-0.25, -0.2) is 0 Å². The summed E-state index contributed by atoms with van der Waals surface area (Å²) in [7, 11) is 0. The summed E-state index contributed by atoms with van der Waals surface area (Å²) in [6, 6.07) is 22.4. The molecule has 164 valence electrons. The number of rotatable bonds is 7. The van der Waals surface area contributed by atoms with Crippen molar-refractivity contribution >= 4 is 23.2 Å². The largest absolute Gasteiger partial charge is 0.372 e. The number of aryl methyl sites for hydroxylation is 1. The van der Waals surface area contributed by atoms with Crippen LogP contribution >= 0.6 is 0 Å². The number of nitrogens with one attached hydrogen (secondary N) is 1. The molecule has 2 amide bonds. The van der Waals surface area contributed by atoms with Gasteiger partial charge in [0.1, 0.15) is 6.04 Å². The van der Waals surface area contributed by atoms with Crippen molar-refractivity contribution in [1.82, 2.24) is 4.90 Å². The van der Waals surface area contributed by atoms with Crippen LogP contribution < -0.4 is 10.2 Å². The standard InChI is InChI=1S/C27H29N3O2/c1-4-29(5-2)22-15-16-24(19(3)17-22)28-26(31)25(20-11-7-6-8-12-20)30-18-21-13-9-10-14-23(21)27(30)32/h6-17,25H,4-5,18H2,1-3H3,(H,28,31)/t25-/m1/s1. The van der Waals surface area contributed by atoms with E-state index in [1.54, 1.807) is 4.90 Å². The molecule has 5 nitrogen and oxygen atoms in total. The Balaban J connectivity index is 1.63. The van der Waals surface area contributed by atoms with Crippen LogP contribution in [0.5, 0.6) is 0 Å². The molecule has 1 N–H and O–H groups in total. The molecule has 0 aliphatic carbocycles. The van der Waals surface area contributed by atoms with Gasteiger partial charge in [0.2, 0.25) is 0 Å². The fraction of sp³-hybridized carbons (Fsp3) is 0.259. The minimum absolute atomic E-state index is 0.113. The van der Waals surface area contributed by atoms with Gasteiger partial charge in [0, 0.05) is 36.6 Å². The van der Waals surface area contributed by atoms with Gasteiger partial charge in [-0.1, -0.05) is 48.5 Å². The van der Waals surface area contributed by atoms with Crippen LogP contribution in [0.3, 0.4) is 0 Å². The quantitative estimate of drug-likeness (QED) is 0.565. The van der Waals surface area contributed by atoms with Crippen molar-refractivity contribution in [1.29, 1.82) is 0 Å². The monoisotopic (exact) mass is 427 g/mol. The van der Waals surface area contributed by atoms with Crippen LogP contribution in [0.4, 0.5) is 11.4 Å². The van der Waals surface area contributed by atoms with Crippen molar-refractivity contribution in [2.75, 3.05) is 23.3 Å². The molecule has 3 aromatic carbocycles. The van der Waals surface area contributed by atoms with E-state index in [1.807, 2.05) is 73.7 Å². The van der Waals surface area contributed by atoms with E-state index in [1.165, 1.54) is 0 Å². The van der Waals surface area contributed by atoms with Crippen LogP contribution in [-0.2, 0) is 11.3 Å². The third-order valence-electron chi connectivity index (χ3n) is 6.12. The molecule has 5 heteroatoms. The second kappa shape index (κ2) is 9.27. The smallest absolute Gasteiger partial charge is 0.255 e. The number of hydrogen-bond donors (Lipinski definition) is 1. The Kier molecular flexibility index (Phi) is 6.26. The Morgan fingerprint density at radius 1 is 1.00 bits per heavy atom. The predicted molar refractivity (Wildman–Crippen MR) is 129 cm³/mol. The normalized spacial score (nSPS) is 13.6. The van der Waals surface area contributed by atoms with Gasteiger partial charge in [0.15, 0.2) is 0 Å². The second-order valence-electron chi connectivity index (χ2n) is 8.06. The molecule has 0 saturated carbocycles. The van der Waals surface area contributed by atoms with E-state index in [0.717, 1.165) is 41.2 Å². The van der Waals surface area contributed by atoms with E-state index in [2.05, 4.69) is 30.1 Å². The first-order chi connectivity index (χ1) is 15.5. The zero-order valence-electron chi connectivity index (χ0n) is 18.8. The molecule has 1 heterocycles. The van der Waals surface area contributed by atoms with Crippen LogP contribution in [0.2, 0.25) is 0 Å². The lowest BCUT2D eigenvalue weighted by atomic mass is 10.0. The van der Waals surface area contributed by atoms with Crippen molar-refractivity contribution in [3.05, 3.63) is 95.1 Å². The molecular formula is C27H29N3O2. The van der Waals surface area contributed by atoms with Gasteiger partial charge in [-0.3, -0.25) is 9.59 Å². The van der Waals surface area contributed by atoms with Crippen LogP contribution in [0.15, 0.2) is 72.8 Å². The first-order valence-corrected chi connectivity index (χ1v) is 11.1. The third kappa shape index (κ3) is 4.11. The van der Waals surface area contributed by atoms with E-state index >= 15 is 0 Å². The van der Waals surface area contributed by atoms with Crippen molar-refractivity contribution < 1.29 is 9.59 Å². The summed E-state index contributed by atoms with van der Waals surface area (Å²) < 4.78 is 0. The van der Waals surface area contributed by atoms with Gasteiger partial charge in [0.05, 0.1) is 0 Å². The number of benzene rings is 3. The molecule has 0 unspecified atom stereocenters. The molecule has 1 aliphatic heterocycles. The van der Waals surface area contributed by atoms with Crippen molar-refractivity contribution in [3.63, 3.8) is 0 Å². The topological polar surface area (TPSA) is 52.7 Å². The first kappa shape index (κ1) is 21.6. The van der Waals surface area contributed by atoms with Gasteiger partial charge in [-0.15, -0.1) is 0 Å². The summed E-state index contributed by atoms with van der Waals surface area (Å²) in [5.74, 6) is -0.325. The van der Waals surface area contributed by atoms with Gasteiger partial charge in [0.25, 0.3) is 11.8 Å². The number of nitrogens with zero attached hydrogens (tertiary/aromatic N) is 2. The lowest BCUT2D eigenvalue weighted by molar-refractivity contribution is -0.120. The number of anilines is 2. The van der Waals surface area contributed by atoms with Gasteiger partial charge in [-0.2, -0.15) is 0 Å². The summed E-state index contributed by atoms with van der Waals surface area (Å²) in [5.41, 5.74) is 5.30. The van der Waals surface area contributed by atoms with Crippen LogP contribution in [0.1, 0.15) is 46.9 Å². The van der Waals surface area contributed by atoms with Gasteiger partial charge in [-0.05, 0) is 61.7 Å². The molecule has 0 aromatic heterocycles. The van der Waals surface area contributed by atoms with E-state index in [0.29, 0.717) is 12.1 Å². The highest BCUT2D eigenvalue weighted by Gasteiger charge is 2.37. The molecule has 0 spiro atoms. The Bertz CT molecular complexity index is 1120.